The van der Waals surface area contributed by atoms with Gasteiger partial charge in [0.2, 0.25) is 0 Å². The Morgan fingerprint density at radius 2 is 1.85 bits per heavy atom. The average molecular weight is 241 g/mol. The molecular weight excluding hydrogens is 233 g/mol. The van der Waals surface area contributed by atoms with Crippen LogP contribution in [0.1, 0.15) is 6.42 Å². The van der Waals surface area contributed by atoms with Gasteiger partial charge in [-0.3, -0.25) is 4.18 Å². The summed E-state index contributed by atoms with van der Waals surface area (Å²) >= 11 is 5.17. The van der Waals surface area contributed by atoms with Crippen LogP contribution >= 0.6 is 11.6 Å². The molecule has 0 saturated carbocycles. The van der Waals surface area contributed by atoms with Crippen molar-refractivity contribution in [2.75, 3.05) is 18.2 Å². The number of hydrogen-bond donors (Lipinski definition) is 0. The summed E-state index contributed by atoms with van der Waals surface area (Å²) in [6.07, 6.45) is -4.57. The first-order chi connectivity index (χ1) is 5.77. The summed E-state index contributed by atoms with van der Waals surface area (Å²) in [5.41, 5.74) is 0. The molecule has 0 spiro atoms. The maximum absolute atomic E-state index is 11.6. The van der Waals surface area contributed by atoms with Gasteiger partial charge in [-0.05, 0) is 6.42 Å². The maximum Gasteiger partial charge on any atom is 0.405 e. The first-order valence-corrected chi connectivity index (χ1v) is 5.38. The molecule has 0 aromatic rings. The van der Waals surface area contributed by atoms with Gasteiger partial charge in [-0.1, -0.05) is 0 Å². The summed E-state index contributed by atoms with van der Waals surface area (Å²) in [5, 5.41) is 0. The van der Waals surface area contributed by atoms with E-state index in [0.717, 1.165) is 0 Å². The molecule has 0 aliphatic heterocycles. The molecule has 0 unspecified atom stereocenters. The van der Waals surface area contributed by atoms with Gasteiger partial charge >= 0.3 is 6.18 Å². The maximum atomic E-state index is 11.6. The molecule has 0 saturated heterocycles. The SMILES string of the molecule is O=S(=O)(CC(F)(F)F)OCCCCl. The second kappa shape index (κ2) is 5.02. The lowest BCUT2D eigenvalue weighted by Crippen LogP contribution is -2.24. The summed E-state index contributed by atoms with van der Waals surface area (Å²) in [6.45, 7) is -0.318. The first kappa shape index (κ1) is 13.0. The Labute approximate surface area is 78.9 Å². The van der Waals surface area contributed by atoms with Gasteiger partial charge in [0.1, 0.15) is 0 Å². The molecule has 0 aliphatic rings. The Morgan fingerprint density at radius 1 is 1.31 bits per heavy atom. The lowest BCUT2D eigenvalue weighted by molar-refractivity contribution is -0.107. The van der Waals surface area contributed by atoms with E-state index in [0.29, 0.717) is 0 Å². The van der Waals surface area contributed by atoms with Gasteiger partial charge in [0, 0.05) is 5.88 Å². The normalized spacial score (nSPS) is 13.2. The number of hydrogen-bond acceptors (Lipinski definition) is 3. The van der Waals surface area contributed by atoms with Crippen molar-refractivity contribution in [2.24, 2.45) is 0 Å². The molecule has 0 N–H and O–H groups in total. The van der Waals surface area contributed by atoms with Crippen LogP contribution in [0, 0.1) is 0 Å². The highest BCUT2D eigenvalue weighted by atomic mass is 35.5. The van der Waals surface area contributed by atoms with Crippen molar-refractivity contribution in [3.8, 4) is 0 Å². The van der Waals surface area contributed by atoms with Crippen LogP contribution < -0.4 is 0 Å². The Bertz CT molecular complexity index is 236. The second-order valence-electron chi connectivity index (χ2n) is 2.18. The quantitative estimate of drug-likeness (QED) is 0.416. The largest absolute Gasteiger partial charge is 0.405 e. The van der Waals surface area contributed by atoms with Crippen LogP contribution in [0.3, 0.4) is 0 Å². The van der Waals surface area contributed by atoms with E-state index < -0.39 is 22.0 Å². The predicted octanol–water partition coefficient (Wildman–Crippen LogP) is 1.52. The third kappa shape index (κ3) is 8.32. The van der Waals surface area contributed by atoms with E-state index in [9.17, 15) is 21.6 Å². The van der Waals surface area contributed by atoms with Crippen molar-refractivity contribution < 1.29 is 25.8 Å². The van der Waals surface area contributed by atoms with Gasteiger partial charge in [0.25, 0.3) is 10.1 Å². The average Bonchev–Trinajstić information content (AvgIpc) is 1.81. The second-order valence-corrected chi connectivity index (χ2v) is 4.20. The van der Waals surface area contributed by atoms with Crippen LogP contribution in [0.2, 0.25) is 0 Å². The van der Waals surface area contributed by atoms with Gasteiger partial charge in [0.05, 0.1) is 6.61 Å². The Hall–Kier alpha value is -0.0100. The Morgan fingerprint density at radius 3 is 2.23 bits per heavy atom. The summed E-state index contributed by atoms with van der Waals surface area (Å²) in [5.74, 6) is -1.82. The minimum Gasteiger partial charge on any atom is -0.270 e. The molecule has 8 heteroatoms. The molecule has 0 atom stereocenters. The van der Waals surface area contributed by atoms with Crippen molar-refractivity contribution in [1.82, 2.24) is 0 Å². The fourth-order valence-electron chi connectivity index (χ4n) is 0.483. The van der Waals surface area contributed by atoms with E-state index in [4.69, 9.17) is 11.6 Å². The van der Waals surface area contributed by atoms with Crippen molar-refractivity contribution in [3.63, 3.8) is 0 Å². The van der Waals surface area contributed by atoms with E-state index in [1.54, 1.807) is 0 Å². The molecule has 0 heterocycles. The minimum absolute atomic E-state index is 0.140. The van der Waals surface area contributed by atoms with Gasteiger partial charge in [-0.25, -0.2) is 0 Å². The lowest BCUT2D eigenvalue weighted by Gasteiger charge is -2.07. The molecule has 0 amide bonds. The highest BCUT2D eigenvalue weighted by molar-refractivity contribution is 7.86. The zero-order chi connectivity index (χ0) is 10.5. The Kier molecular flexibility index (Phi) is 5.01. The number of rotatable bonds is 5. The minimum atomic E-state index is -4.76. The standard InChI is InChI=1S/C5H8ClF3O3S/c6-2-1-3-12-13(10,11)4-5(7,8)9/h1-4H2. The van der Waals surface area contributed by atoms with Crippen LogP contribution in [0.15, 0.2) is 0 Å². The van der Waals surface area contributed by atoms with Crippen LogP contribution in [-0.2, 0) is 14.3 Å². The van der Waals surface area contributed by atoms with Crippen LogP contribution in [-0.4, -0.2) is 32.8 Å². The van der Waals surface area contributed by atoms with Gasteiger partial charge < -0.3 is 0 Å². The van der Waals surface area contributed by atoms with Crippen LogP contribution in [0.25, 0.3) is 0 Å². The third-order valence-electron chi connectivity index (χ3n) is 0.881. The molecule has 13 heavy (non-hydrogen) atoms. The first-order valence-electron chi connectivity index (χ1n) is 3.27. The summed E-state index contributed by atoms with van der Waals surface area (Å²) < 4.78 is 59.8. The lowest BCUT2D eigenvalue weighted by atomic mass is 10.5. The van der Waals surface area contributed by atoms with Crippen molar-refractivity contribution >= 4 is 21.7 Å². The van der Waals surface area contributed by atoms with Crippen LogP contribution in [0.4, 0.5) is 13.2 Å². The van der Waals surface area contributed by atoms with Gasteiger partial charge in [-0.15, -0.1) is 11.6 Å². The predicted molar refractivity (Wildman–Crippen MR) is 41.1 cm³/mol. The van der Waals surface area contributed by atoms with E-state index in [2.05, 4.69) is 4.18 Å². The van der Waals surface area contributed by atoms with Gasteiger partial charge in [-0.2, -0.15) is 21.6 Å². The molecule has 0 radical (unpaired) electrons. The van der Waals surface area contributed by atoms with E-state index in [1.165, 1.54) is 0 Å². The smallest absolute Gasteiger partial charge is 0.270 e. The summed E-state index contributed by atoms with van der Waals surface area (Å²) in [4.78, 5) is 0. The fourth-order valence-corrected chi connectivity index (χ4v) is 1.45. The molecule has 80 valence electrons. The molecule has 0 aromatic carbocycles. The highest BCUT2D eigenvalue weighted by Crippen LogP contribution is 2.18. The topological polar surface area (TPSA) is 43.4 Å². The van der Waals surface area contributed by atoms with Crippen LogP contribution in [0.5, 0.6) is 0 Å². The molecule has 0 aliphatic carbocycles. The van der Waals surface area contributed by atoms with E-state index in [1.807, 2.05) is 0 Å². The molecular formula is C5H8ClF3O3S. The van der Waals surface area contributed by atoms with E-state index in [-0.39, 0.29) is 18.9 Å². The molecule has 0 rings (SSSR count). The summed E-state index contributed by atoms with van der Waals surface area (Å²) in [6, 6.07) is 0. The zero-order valence-electron chi connectivity index (χ0n) is 6.47. The third-order valence-corrected chi connectivity index (χ3v) is 2.36. The van der Waals surface area contributed by atoms with Crippen molar-refractivity contribution in [1.29, 1.82) is 0 Å². The number of alkyl halides is 4. The molecule has 0 aromatic heterocycles. The van der Waals surface area contributed by atoms with Crippen molar-refractivity contribution in [2.45, 2.75) is 12.6 Å². The Balaban J connectivity index is 3.96. The molecule has 3 nitrogen and oxygen atoms in total. The summed E-state index contributed by atoms with van der Waals surface area (Å²) in [7, 11) is -4.50. The van der Waals surface area contributed by atoms with Crippen molar-refractivity contribution in [3.05, 3.63) is 0 Å². The fraction of sp³-hybridized carbons (Fsp3) is 1.00. The highest BCUT2D eigenvalue weighted by Gasteiger charge is 2.35. The van der Waals surface area contributed by atoms with Gasteiger partial charge in [0.15, 0.2) is 5.75 Å². The van der Waals surface area contributed by atoms with E-state index >= 15 is 0 Å². The number of halogens is 4. The monoisotopic (exact) mass is 240 g/mol. The molecule has 0 fully saturated rings. The zero-order valence-corrected chi connectivity index (χ0v) is 8.05. The molecule has 0 bridgehead atoms.